The van der Waals surface area contributed by atoms with Gasteiger partial charge in [-0.15, -0.1) is 21.8 Å². The van der Waals surface area contributed by atoms with Gasteiger partial charge in [0.2, 0.25) is 5.89 Å². The first kappa shape index (κ1) is 15.1. The van der Waals surface area contributed by atoms with Crippen molar-refractivity contribution in [3.05, 3.63) is 36.7 Å². The molecular formula is C15H15ClN4OS. The normalized spacial score (nSPS) is 11.0. The number of nitrogens with zero attached hydrogens (tertiary/aromatic N) is 4. The molecule has 2 heterocycles. The second kappa shape index (κ2) is 6.98. The van der Waals surface area contributed by atoms with Crippen molar-refractivity contribution < 1.29 is 4.42 Å². The van der Waals surface area contributed by atoms with E-state index in [9.17, 15) is 0 Å². The standard InChI is InChI=1S/C15H15ClN4OS/c1-20-13(18-19-15(20)22-9-3-6-16)11-4-2-5-12(10-11)14-17-7-8-21-14/h2,4-5,7-8,10H,3,6,9H2,1H3. The Morgan fingerprint density at radius 2 is 2.14 bits per heavy atom. The van der Waals surface area contributed by atoms with Crippen LogP contribution < -0.4 is 0 Å². The van der Waals surface area contributed by atoms with E-state index in [1.807, 2.05) is 35.9 Å². The molecule has 0 unspecified atom stereocenters. The Balaban J connectivity index is 1.87. The Hall–Kier alpha value is -1.79. The lowest BCUT2D eigenvalue weighted by Crippen LogP contribution is -1.95. The lowest BCUT2D eigenvalue weighted by Gasteiger charge is -2.04. The van der Waals surface area contributed by atoms with Gasteiger partial charge in [-0.2, -0.15) is 0 Å². The van der Waals surface area contributed by atoms with Crippen molar-refractivity contribution in [2.75, 3.05) is 11.6 Å². The predicted molar refractivity (Wildman–Crippen MR) is 88.0 cm³/mol. The summed E-state index contributed by atoms with van der Waals surface area (Å²) < 4.78 is 7.33. The molecule has 0 fully saturated rings. The molecular weight excluding hydrogens is 320 g/mol. The number of rotatable bonds is 6. The second-order valence-corrected chi connectivity index (χ2v) is 6.11. The summed E-state index contributed by atoms with van der Waals surface area (Å²) in [5.74, 6) is 3.02. The third kappa shape index (κ3) is 3.18. The van der Waals surface area contributed by atoms with Crippen molar-refractivity contribution in [2.45, 2.75) is 11.6 Å². The van der Waals surface area contributed by atoms with Gasteiger partial charge in [-0.05, 0) is 18.6 Å². The van der Waals surface area contributed by atoms with E-state index in [1.165, 1.54) is 0 Å². The third-order valence-corrected chi connectivity index (χ3v) is 4.52. The molecule has 2 aromatic heterocycles. The van der Waals surface area contributed by atoms with Gasteiger partial charge in [0.1, 0.15) is 6.26 Å². The zero-order valence-corrected chi connectivity index (χ0v) is 13.6. The molecule has 0 N–H and O–H groups in total. The number of hydrogen-bond acceptors (Lipinski definition) is 5. The minimum absolute atomic E-state index is 0.598. The summed E-state index contributed by atoms with van der Waals surface area (Å²) >= 11 is 7.37. The van der Waals surface area contributed by atoms with Crippen LogP contribution in [0, 0.1) is 0 Å². The fraction of sp³-hybridized carbons (Fsp3) is 0.267. The lowest BCUT2D eigenvalue weighted by molar-refractivity contribution is 0.574. The molecule has 1 aromatic carbocycles. The molecule has 5 nitrogen and oxygen atoms in total. The number of oxazole rings is 1. The van der Waals surface area contributed by atoms with Crippen LogP contribution in [0.4, 0.5) is 0 Å². The highest BCUT2D eigenvalue weighted by atomic mass is 35.5. The zero-order valence-electron chi connectivity index (χ0n) is 12.1. The van der Waals surface area contributed by atoms with Crippen LogP contribution in [0.5, 0.6) is 0 Å². The summed E-state index contributed by atoms with van der Waals surface area (Å²) in [4.78, 5) is 4.17. The molecule has 0 bridgehead atoms. The first-order chi connectivity index (χ1) is 10.8. The Morgan fingerprint density at radius 1 is 1.27 bits per heavy atom. The Morgan fingerprint density at radius 3 is 2.91 bits per heavy atom. The maximum atomic E-state index is 5.70. The maximum Gasteiger partial charge on any atom is 0.225 e. The summed E-state index contributed by atoms with van der Waals surface area (Å²) in [6.07, 6.45) is 4.15. The third-order valence-electron chi connectivity index (χ3n) is 3.14. The SMILES string of the molecule is Cn1c(SCCCCl)nnc1-c1cccc(-c2ncco2)c1. The minimum Gasteiger partial charge on any atom is -0.445 e. The van der Waals surface area contributed by atoms with Gasteiger partial charge in [0.05, 0.1) is 6.20 Å². The molecule has 0 atom stereocenters. The fourth-order valence-corrected chi connectivity index (χ4v) is 3.21. The highest BCUT2D eigenvalue weighted by Gasteiger charge is 2.12. The molecule has 3 aromatic rings. The van der Waals surface area contributed by atoms with Gasteiger partial charge in [-0.25, -0.2) is 4.98 Å². The van der Waals surface area contributed by atoms with Crippen LogP contribution in [0.3, 0.4) is 0 Å². The summed E-state index contributed by atoms with van der Waals surface area (Å²) in [7, 11) is 1.97. The van der Waals surface area contributed by atoms with E-state index in [0.717, 1.165) is 34.3 Å². The highest BCUT2D eigenvalue weighted by Crippen LogP contribution is 2.26. The lowest BCUT2D eigenvalue weighted by atomic mass is 10.1. The number of halogens is 1. The monoisotopic (exact) mass is 334 g/mol. The molecule has 7 heteroatoms. The van der Waals surface area contributed by atoms with Gasteiger partial charge in [0.25, 0.3) is 0 Å². The van der Waals surface area contributed by atoms with Crippen molar-refractivity contribution >= 4 is 23.4 Å². The maximum absolute atomic E-state index is 5.70. The van der Waals surface area contributed by atoms with E-state index in [0.29, 0.717) is 11.8 Å². The molecule has 0 aliphatic rings. The first-order valence-corrected chi connectivity index (χ1v) is 8.40. The molecule has 0 saturated carbocycles. The van der Waals surface area contributed by atoms with Crippen LogP contribution in [-0.2, 0) is 7.05 Å². The van der Waals surface area contributed by atoms with Crippen molar-refractivity contribution in [3.63, 3.8) is 0 Å². The Bertz CT molecular complexity index is 742. The van der Waals surface area contributed by atoms with Crippen molar-refractivity contribution in [2.24, 2.45) is 7.05 Å². The number of alkyl halides is 1. The highest BCUT2D eigenvalue weighted by molar-refractivity contribution is 7.99. The van der Waals surface area contributed by atoms with Crippen molar-refractivity contribution in [1.82, 2.24) is 19.7 Å². The number of aromatic nitrogens is 4. The molecule has 0 aliphatic carbocycles. The number of benzene rings is 1. The largest absolute Gasteiger partial charge is 0.445 e. The van der Waals surface area contributed by atoms with Gasteiger partial charge in [0, 0.05) is 29.8 Å². The fourth-order valence-electron chi connectivity index (χ4n) is 2.07. The van der Waals surface area contributed by atoms with Crippen LogP contribution in [0.25, 0.3) is 22.8 Å². The van der Waals surface area contributed by atoms with E-state index in [-0.39, 0.29) is 0 Å². The van der Waals surface area contributed by atoms with Crippen LogP contribution >= 0.6 is 23.4 Å². The Kier molecular flexibility index (Phi) is 4.80. The van der Waals surface area contributed by atoms with Crippen LogP contribution in [-0.4, -0.2) is 31.4 Å². The molecule has 0 amide bonds. The molecule has 114 valence electrons. The summed E-state index contributed by atoms with van der Waals surface area (Å²) in [6.45, 7) is 0. The van der Waals surface area contributed by atoms with E-state index >= 15 is 0 Å². The number of hydrogen-bond donors (Lipinski definition) is 0. The molecule has 0 saturated heterocycles. The van der Waals surface area contributed by atoms with Crippen LogP contribution in [0.2, 0.25) is 0 Å². The topological polar surface area (TPSA) is 56.7 Å². The Labute approximate surface area is 137 Å². The van der Waals surface area contributed by atoms with E-state index < -0.39 is 0 Å². The smallest absolute Gasteiger partial charge is 0.225 e. The van der Waals surface area contributed by atoms with Crippen LogP contribution in [0.15, 0.2) is 46.3 Å². The van der Waals surface area contributed by atoms with Gasteiger partial charge >= 0.3 is 0 Å². The van der Waals surface area contributed by atoms with Gasteiger partial charge in [-0.1, -0.05) is 23.9 Å². The zero-order chi connectivity index (χ0) is 15.4. The van der Waals surface area contributed by atoms with E-state index in [2.05, 4.69) is 15.2 Å². The average Bonchev–Trinajstić information content (AvgIpc) is 3.19. The molecule has 3 rings (SSSR count). The molecule has 0 aliphatic heterocycles. The quantitative estimate of drug-likeness (QED) is 0.389. The predicted octanol–water partition coefficient (Wildman–Crippen LogP) is 3.86. The average molecular weight is 335 g/mol. The number of thioether (sulfide) groups is 1. The van der Waals surface area contributed by atoms with E-state index in [4.69, 9.17) is 16.0 Å². The molecule has 22 heavy (non-hydrogen) atoms. The van der Waals surface area contributed by atoms with Gasteiger partial charge in [-0.3, -0.25) is 0 Å². The van der Waals surface area contributed by atoms with E-state index in [1.54, 1.807) is 24.2 Å². The molecule has 0 spiro atoms. The first-order valence-electron chi connectivity index (χ1n) is 6.88. The van der Waals surface area contributed by atoms with Gasteiger partial charge in [0.15, 0.2) is 11.0 Å². The van der Waals surface area contributed by atoms with Gasteiger partial charge < -0.3 is 8.98 Å². The van der Waals surface area contributed by atoms with Crippen LogP contribution in [0.1, 0.15) is 6.42 Å². The van der Waals surface area contributed by atoms with Crippen molar-refractivity contribution in [1.29, 1.82) is 0 Å². The van der Waals surface area contributed by atoms with Crippen molar-refractivity contribution in [3.8, 4) is 22.8 Å². The summed E-state index contributed by atoms with van der Waals surface area (Å²) in [5.41, 5.74) is 1.90. The minimum atomic E-state index is 0.598. The summed E-state index contributed by atoms with van der Waals surface area (Å²) in [5, 5.41) is 9.44. The molecule has 0 radical (unpaired) electrons. The summed E-state index contributed by atoms with van der Waals surface area (Å²) in [6, 6.07) is 7.93. The second-order valence-electron chi connectivity index (χ2n) is 4.67.